The van der Waals surface area contributed by atoms with E-state index >= 15 is 0 Å². The molecular formula is C11H20N2O2. The van der Waals surface area contributed by atoms with Crippen molar-refractivity contribution in [3.8, 4) is 0 Å². The Bertz CT molecular complexity index is 270. The van der Waals surface area contributed by atoms with E-state index in [0.29, 0.717) is 12.1 Å². The number of ether oxygens (including phenoxy) is 1. The van der Waals surface area contributed by atoms with Crippen LogP contribution >= 0.6 is 0 Å². The highest BCUT2D eigenvalue weighted by Crippen LogP contribution is 2.30. The highest BCUT2D eigenvalue weighted by Gasteiger charge is 2.44. The Balaban J connectivity index is 1.94. The Kier molecular flexibility index (Phi) is 2.41. The number of hydrogen-bond acceptors (Lipinski definition) is 3. The van der Waals surface area contributed by atoms with Crippen LogP contribution in [0.2, 0.25) is 0 Å². The van der Waals surface area contributed by atoms with Gasteiger partial charge in [0, 0.05) is 25.2 Å². The van der Waals surface area contributed by atoms with Crippen LogP contribution < -0.4 is 0 Å². The number of carbonyl (C=O) groups is 1. The van der Waals surface area contributed by atoms with Crippen molar-refractivity contribution in [2.45, 2.75) is 44.9 Å². The largest absolute Gasteiger partial charge is 0.444 e. The summed E-state index contributed by atoms with van der Waals surface area (Å²) in [5, 5.41) is 0. The van der Waals surface area contributed by atoms with Gasteiger partial charge >= 0.3 is 6.09 Å². The van der Waals surface area contributed by atoms with Gasteiger partial charge in [0.25, 0.3) is 0 Å². The van der Waals surface area contributed by atoms with Crippen LogP contribution in [0.4, 0.5) is 4.79 Å². The maximum absolute atomic E-state index is 11.8. The second-order valence-electron chi connectivity index (χ2n) is 5.62. The van der Waals surface area contributed by atoms with E-state index in [0.717, 1.165) is 19.5 Å². The van der Waals surface area contributed by atoms with E-state index in [1.165, 1.54) is 0 Å². The monoisotopic (exact) mass is 212 g/mol. The molecule has 15 heavy (non-hydrogen) atoms. The van der Waals surface area contributed by atoms with Gasteiger partial charge in [-0.25, -0.2) is 4.79 Å². The Morgan fingerprint density at radius 2 is 1.93 bits per heavy atom. The third-order valence-electron chi connectivity index (χ3n) is 3.14. The molecule has 0 aliphatic carbocycles. The minimum atomic E-state index is -0.384. The van der Waals surface area contributed by atoms with Crippen LogP contribution in [0.25, 0.3) is 0 Å². The van der Waals surface area contributed by atoms with Gasteiger partial charge in [-0.05, 0) is 34.2 Å². The standard InChI is InChI=1S/C11H20N2O2/c1-11(2,3)15-10(14)13-7-8-5-9(13)6-12(8)4/h8-9H,5-7H2,1-4H3. The van der Waals surface area contributed by atoms with E-state index < -0.39 is 0 Å². The summed E-state index contributed by atoms with van der Waals surface area (Å²) in [6, 6.07) is 0.914. The lowest BCUT2D eigenvalue weighted by atomic mass is 10.2. The number of likely N-dealkylation sites (tertiary alicyclic amines) is 2. The van der Waals surface area contributed by atoms with Gasteiger partial charge in [-0.15, -0.1) is 0 Å². The van der Waals surface area contributed by atoms with Gasteiger partial charge in [0.05, 0.1) is 0 Å². The van der Waals surface area contributed by atoms with Crippen molar-refractivity contribution in [2.24, 2.45) is 0 Å². The molecule has 2 unspecified atom stereocenters. The van der Waals surface area contributed by atoms with Crippen molar-refractivity contribution < 1.29 is 9.53 Å². The summed E-state index contributed by atoms with van der Waals surface area (Å²) in [4.78, 5) is 16.1. The van der Waals surface area contributed by atoms with Gasteiger partial charge < -0.3 is 9.64 Å². The minimum Gasteiger partial charge on any atom is -0.444 e. The molecule has 0 N–H and O–H groups in total. The summed E-state index contributed by atoms with van der Waals surface area (Å²) in [5.41, 5.74) is -0.384. The van der Waals surface area contributed by atoms with Gasteiger partial charge in [-0.2, -0.15) is 0 Å². The lowest BCUT2D eigenvalue weighted by Crippen LogP contribution is -2.48. The second kappa shape index (κ2) is 3.37. The zero-order chi connectivity index (χ0) is 11.2. The van der Waals surface area contributed by atoms with Crippen LogP contribution in [0.3, 0.4) is 0 Å². The molecule has 0 saturated carbocycles. The average molecular weight is 212 g/mol. The van der Waals surface area contributed by atoms with Crippen LogP contribution in [0, 0.1) is 0 Å². The van der Waals surface area contributed by atoms with Gasteiger partial charge in [0.2, 0.25) is 0 Å². The van der Waals surface area contributed by atoms with E-state index in [-0.39, 0.29) is 11.7 Å². The zero-order valence-corrected chi connectivity index (χ0v) is 9.99. The molecule has 2 aliphatic rings. The number of amides is 1. The minimum absolute atomic E-state index is 0.150. The third kappa shape index (κ3) is 2.09. The van der Waals surface area contributed by atoms with Crippen molar-refractivity contribution in [3.05, 3.63) is 0 Å². The number of nitrogens with zero attached hydrogens (tertiary/aromatic N) is 2. The summed E-state index contributed by atoms with van der Waals surface area (Å²) in [6.07, 6.45) is 0.957. The number of rotatable bonds is 0. The maximum Gasteiger partial charge on any atom is 0.410 e. The molecule has 2 aliphatic heterocycles. The molecule has 0 aromatic carbocycles. The Labute approximate surface area is 91.2 Å². The summed E-state index contributed by atoms with van der Waals surface area (Å²) in [7, 11) is 2.12. The summed E-state index contributed by atoms with van der Waals surface area (Å²) in [6.45, 7) is 7.54. The predicted molar refractivity (Wildman–Crippen MR) is 57.8 cm³/mol. The molecule has 2 fully saturated rings. The van der Waals surface area contributed by atoms with E-state index in [9.17, 15) is 4.79 Å². The van der Waals surface area contributed by atoms with E-state index in [4.69, 9.17) is 4.74 Å². The number of hydrogen-bond donors (Lipinski definition) is 0. The number of likely N-dealkylation sites (N-methyl/N-ethyl adjacent to an activating group) is 1. The Hall–Kier alpha value is -0.770. The molecule has 4 heteroatoms. The van der Waals surface area contributed by atoms with Crippen molar-refractivity contribution in [1.29, 1.82) is 0 Å². The number of piperazine rings is 1. The van der Waals surface area contributed by atoms with Crippen molar-refractivity contribution >= 4 is 6.09 Å². The second-order valence-corrected chi connectivity index (χ2v) is 5.62. The molecule has 0 aromatic heterocycles. The summed E-state index contributed by atoms with van der Waals surface area (Å²) < 4.78 is 5.38. The van der Waals surface area contributed by atoms with Crippen LogP contribution in [0.5, 0.6) is 0 Å². The molecule has 0 spiro atoms. The molecule has 2 saturated heterocycles. The van der Waals surface area contributed by atoms with Crippen molar-refractivity contribution in [2.75, 3.05) is 20.1 Å². The maximum atomic E-state index is 11.8. The smallest absolute Gasteiger partial charge is 0.410 e. The van der Waals surface area contributed by atoms with Crippen LogP contribution in [0.1, 0.15) is 27.2 Å². The molecule has 2 rings (SSSR count). The van der Waals surface area contributed by atoms with E-state index in [1.807, 2.05) is 25.7 Å². The van der Waals surface area contributed by atoms with E-state index in [2.05, 4.69) is 11.9 Å². The average Bonchev–Trinajstić information content (AvgIpc) is 2.58. The van der Waals surface area contributed by atoms with Crippen LogP contribution in [-0.4, -0.2) is 53.7 Å². The molecule has 0 radical (unpaired) electrons. The molecule has 2 bridgehead atoms. The summed E-state index contributed by atoms with van der Waals surface area (Å²) in [5.74, 6) is 0. The third-order valence-corrected chi connectivity index (χ3v) is 3.14. The zero-order valence-electron chi connectivity index (χ0n) is 9.99. The molecule has 86 valence electrons. The van der Waals surface area contributed by atoms with Gasteiger partial charge in [-0.1, -0.05) is 0 Å². The molecular weight excluding hydrogens is 192 g/mol. The quantitative estimate of drug-likeness (QED) is 0.607. The lowest BCUT2D eigenvalue weighted by Gasteiger charge is -2.33. The molecule has 4 nitrogen and oxygen atoms in total. The normalized spacial score (nSPS) is 31.1. The fraction of sp³-hybridized carbons (Fsp3) is 0.909. The van der Waals surface area contributed by atoms with Gasteiger partial charge in [0.1, 0.15) is 5.60 Å². The van der Waals surface area contributed by atoms with Crippen molar-refractivity contribution in [3.63, 3.8) is 0 Å². The highest BCUT2D eigenvalue weighted by atomic mass is 16.6. The molecule has 2 heterocycles. The SMILES string of the molecule is CN1CC2CC1CN2C(=O)OC(C)(C)C. The van der Waals surface area contributed by atoms with Crippen LogP contribution in [-0.2, 0) is 4.74 Å². The Morgan fingerprint density at radius 3 is 2.33 bits per heavy atom. The first-order valence-corrected chi connectivity index (χ1v) is 5.57. The Morgan fingerprint density at radius 1 is 1.27 bits per heavy atom. The molecule has 2 atom stereocenters. The van der Waals surface area contributed by atoms with Crippen molar-refractivity contribution in [1.82, 2.24) is 9.80 Å². The van der Waals surface area contributed by atoms with Gasteiger partial charge in [0.15, 0.2) is 0 Å². The molecule has 0 aromatic rings. The topological polar surface area (TPSA) is 32.8 Å². The fourth-order valence-corrected chi connectivity index (χ4v) is 2.41. The number of carbonyl (C=O) groups excluding carboxylic acids is 1. The predicted octanol–water partition coefficient (Wildman–Crippen LogP) is 1.31. The van der Waals surface area contributed by atoms with Gasteiger partial charge in [-0.3, -0.25) is 4.90 Å². The fourth-order valence-electron chi connectivity index (χ4n) is 2.41. The van der Waals surface area contributed by atoms with E-state index in [1.54, 1.807) is 0 Å². The first kappa shape index (κ1) is 10.7. The first-order valence-electron chi connectivity index (χ1n) is 5.57. The highest BCUT2D eigenvalue weighted by molar-refractivity contribution is 5.69. The molecule has 1 amide bonds. The van der Waals surface area contributed by atoms with Crippen LogP contribution in [0.15, 0.2) is 0 Å². The summed E-state index contributed by atoms with van der Waals surface area (Å²) >= 11 is 0. The lowest BCUT2D eigenvalue weighted by molar-refractivity contribution is 0.0147. The first-order chi connectivity index (χ1) is 6.87. The number of fused-ring (bicyclic) bond motifs is 2.